The molecule has 1 aromatic carbocycles. The van der Waals surface area contributed by atoms with E-state index in [4.69, 9.17) is 9.47 Å². The minimum Gasteiger partial charge on any atom is -0.497 e. The van der Waals surface area contributed by atoms with Gasteiger partial charge in [-0.05, 0) is 202 Å². The standard InChI is InChI=1S/C12H18N2O2.C11H17N3O2.2C11H22N2O.C10H21N3O.C10H17N3O.C9H19N3O/c1-9(2)14-12(15)13-8-10-4-6-11(16-3)7-5-10;1-8(2)14-11(15)13-7-9-4-5-10(16-3)12-6-9;2*1-9(2)13-11(14)12-8-10-6-4-3-5-7-10;2*1-8(2)12-10(14)11-6-9-4-5-13(3)7-9;1-7(2)11-9(13)10-4-8-5-12(3)6-8/h4-7,9H,8H2,1-3H3,(H2,13,14,15);4-6,8H,7H2,1-3H3,(H2,13,14,15);2*9-10H,3-8H2,1-2H3,(H2,12,13,14);8-9H,4-7H2,1-3H3,(H2,11,12,14);4-5,7-8H,6H2,1-3H3,(H2,11,12,14);7-8H,4-6H2,1-3H3,(H2,10,11,13). The monoisotopic (exact) mass is 1420 g/mol. The quantitative estimate of drug-likeness (QED) is 0.0422. The van der Waals surface area contributed by atoms with E-state index in [9.17, 15) is 33.6 Å². The number of pyridine rings is 1. The number of aromatic nitrogens is 2. The molecule has 1 unspecified atom stereocenters. The highest BCUT2D eigenvalue weighted by Gasteiger charge is 2.24. The smallest absolute Gasteiger partial charge is 0.315 e. The van der Waals surface area contributed by atoms with E-state index in [1.165, 1.54) is 70.6 Å². The Bertz CT molecular complexity index is 2550. The van der Waals surface area contributed by atoms with Gasteiger partial charge in [-0.3, -0.25) is 0 Å². The molecule has 576 valence electrons. The third kappa shape index (κ3) is 50.9. The van der Waals surface area contributed by atoms with Gasteiger partial charge in [0.05, 0.1) is 14.2 Å². The van der Waals surface area contributed by atoms with Crippen molar-refractivity contribution in [2.75, 3.05) is 80.7 Å². The summed E-state index contributed by atoms with van der Waals surface area (Å²) in [6, 6.07) is 13.9. The van der Waals surface area contributed by atoms with Crippen LogP contribution in [0.4, 0.5) is 33.6 Å². The predicted octanol–water partition coefficient (Wildman–Crippen LogP) is 9.88. The summed E-state index contributed by atoms with van der Waals surface area (Å²) in [6.45, 7) is 36.5. The summed E-state index contributed by atoms with van der Waals surface area (Å²) < 4.78 is 11.9. The van der Waals surface area contributed by atoms with Gasteiger partial charge >= 0.3 is 42.2 Å². The largest absolute Gasteiger partial charge is 0.497 e. The molecule has 0 spiro atoms. The summed E-state index contributed by atoms with van der Waals surface area (Å²) >= 11 is 0. The number of carbonyl (C=O) groups is 7. The molecule has 4 aliphatic rings. The molecular formula is C74H136N18O9. The minimum absolute atomic E-state index is 0.0226. The van der Waals surface area contributed by atoms with E-state index >= 15 is 0 Å². The Balaban J connectivity index is 0.000000590. The van der Waals surface area contributed by atoms with Crippen LogP contribution in [0.3, 0.4) is 0 Å². The number of methoxy groups -OCH3 is 2. The van der Waals surface area contributed by atoms with Gasteiger partial charge in [-0.15, -0.1) is 0 Å². The van der Waals surface area contributed by atoms with Gasteiger partial charge in [0.15, 0.2) is 0 Å². The summed E-state index contributed by atoms with van der Waals surface area (Å²) in [5, 5.41) is 39.5. The van der Waals surface area contributed by atoms with Gasteiger partial charge in [0.25, 0.3) is 0 Å². The zero-order chi connectivity index (χ0) is 75.7. The van der Waals surface area contributed by atoms with Crippen LogP contribution in [0.2, 0.25) is 0 Å². The van der Waals surface area contributed by atoms with Gasteiger partial charge in [-0.25, -0.2) is 38.5 Å². The van der Waals surface area contributed by atoms with Crippen LogP contribution in [0, 0.1) is 23.7 Å². The predicted molar refractivity (Wildman–Crippen MR) is 407 cm³/mol. The van der Waals surface area contributed by atoms with E-state index in [0.717, 1.165) is 74.8 Å². The number of rotatable bonds is 23. The van der Waals surface area contributed by atoms with Gasteiger partial charge in [0.2, 0.25) is 5.88 Å². The molecule has 4 fully saturated rings. The highest BCUT2D eigenvalue weighted by Crippen LogP contribution is 2.24. The van der Waals surface area contributed by atoms with E-state index in [2.05, 4.69) is 103 Å². The molecule has 3 aromatic rings. The van der Waals surface area contributed by atoms with Gasteiger partial charge in [-0.2, -0.15) is 0 Å². The fraction of sp³-hybridized carbons (Fsp3) is 0.703. The molecule has 101 heavy (non-hydrogen) atoms. The minimum atomic E-state index is -0.175. The van der Waals surface area contributed by atoms with Crippen LogP contribution < -0.4 is 83.9 Å². The van der Waals surface area contributed by atoms with Gasteiger partial charge < -0.3 is 98.3 Å². The number of aryl methyl sites for hydroxylation is 1. The second-order valence-electron chi connectivity index (χ2n) is 28.7. The van der Waals surface area contributed by atoms with E-state index in [0.29, 0.717) is 49.2 Å². The fourth-order valence-corrected chi connectivity index (χ4v) is 10.7. The maximum Gasteiger partial charge on any atom is 0.315 e. The summed E-state index contributed by atoms with van der Waals surface area (Å²) in [5.74, 6) is 4.06. The number of benzene rings is 1. The zero-order valence-corrected chi connectivity index (χ0v) is 65.1. The maximum absolute atomic E-state index is 11.3. The second-order valence-corrected chi connectivity index (χ2v) is 28.7. The van der Waals surface area contributed by atoms with Crippen molar-refractivity contribution in [2.24, 2.45) is 30.7 Å². The average molecular weight is 1420 g/mol. The van der Waals surface area contributed by atoms with Crippen molar-refractivity contribution in [3.8, 4) is 11.6 Å². The van der Waals surface area contributed by atoms with E-state index in [1.807, 2.05) is 157 Å². The zero-order valence-electron chi connectivity index (χ0n) is 65.1. The van der Waals surface area contributed by atoms with Crippen molar-refractivity contribution in [1.29, 1.82) is 0 Å². The van der Waals surface area contributed by atoms with Crippen molar-refractivity contribution in [2.45, 2.75) is 229 Å². The van der Waals surface area contributed by atoms with E-state index in [1.54, 1.807) is 26.5 Å². The number of likely N-dealkylation sites (tertiary alicyclic amines) is 2. The Morgan fingerprint density at radius 2 is 0.723 bits per heavy atom. The Kier molecular flexibility index (Phi) is 48.6. The molecule has 14 amide bonds. The van der Waals surface area contributed by atoms with Gasteiger partial charge in [-0.1, -0.05) is 56.7 Å². The lowest BCUT2D eigenvalue weighted by Gasteiger charge is -2.36. The molecular weight excluding hydrogens is 1280 g/mol. The Labute approximate surface area is 606 Å². The Morgan fingerprint density at radius 1 is 0.386 bits per heavy atom. The molecule has 1 atom stereocenters. The van der Waals surface area contributed by atoms with Gasteiger partial charge in [0, 0.05) is 145 Å². The molecule has 2 saturated heterocycles. The van der Waals surface area contributed by atoms with Crippen molar-refractivity contribution in [3.63, 3.8) is 0 Å². The molecule has 2 aliphatic heterocycles. The number of ether oxygens (including phenoxy) is 2. The number of nitrogens with one attached hydrogen (secondary N) is 14. The van der Waals surface area contributed by atoms with Crippen LogP contribution in [0.15, 0.2) is 61.1 Å². The van der Waals surface area contributed by atoms with Crippen molar-refractivity contribution >= 4 is 42.2 Å². The molecule has 2 saturated carbocycles. The first-order chi connectivity index (χ1) is 47.8. The van der Waals surface area contributed by atoms with Crippen LogP contribution >= 0.6 is 0 Å². The highest BCUT2D eigenvalue weighted by molar-refractivity contribution is 5.76. The molecule has 2 aromatic heterocycles. The van der Waals surface area contributed by atoms with Crippen LogP contribution in [0.5, 0.6) is 11.6 Å². The molecule has 27 heteroatoms. The SMILES string of the molecule is CC(C)NC(=O)NCC1CCCCC1.CC(C)NC(=O)NCC1CCCCC1.CC(C)NC(=O)NCC1CCN(C)C1.CC(C)NC(=O)NCC1CN(C)C1.CC(C)NC(=O)NCc1ccn(C)c1.COc1ccc(CNC(=O)NC(C)C)cc1.COc1ccc(CNC(=O)NC(C)C)cn1. The summed E-state index contributed by atoms with van der Waals surface area (Å²) in [4.78, 5) is 87.3. The second kappa shape index (κ2) is 53.9. The summed E-state index contributed by atoms with van der Waals surface area (Å²) in [7, 11) is 9.36. The third-order valence-corrected chi connectivity index (χ3v) is 15.6. The topological polar surface area (TPSA) is 331 Å². The van der Waals surface area contributed by atoms with Gasteiger partial charge in [0.1, 0.15) is 5.75 Å². The Hall–Kier alpha value is -7.94. The number of hydrogen-bond acceptors (Lipinski definition) is 12. The molecule has 0 bridgehead atoms. The molecule has 7 rings (SSSR count). The lowest BCUT2D eigenvalue weighted by Crippen LogP contribution is -2.51. The molecule has 4 heterocycles. The number of nitrogens with zero attached hydrogens (tertiary/aromatic N) is 4. The number of amides is 14. The number of urea groups is 7. The van der Waals surface area contributed by atoms with Crippen molar-refractivity contribution in [3.05, 3.63) is 77.7 Å². The molecule has 27 nitrogen and oxygen atoms in total. The van der Waals surface area contributed by atoms with Crippen LogP contribution in [0.1, 0.15) is 184 Å². The molecule has 0 radical (unpaired) electrons. The molecule has 2 aliphatic carbocycles. The number of hydrogen-bond donors (Lipinski definition) is 14. The normalized spacial score (nSPS) is 15.2. The van der Waals surface area contributed by atoms with Crippen LogP contribution in [-0.4, -0.2) is 185 Å². The third-order valence-electron chi connectivity index (χ3n) is 15.6. The van der Waals surface area contributed by atoms with Crippen LogP contribution in [0.25, 0.3) is 0 Å². The maximum atomic E-state index is 11.3. The van der Waals surface area contributed by atoms with Crippen LogP contribution in [-0.2, 0) is 26.7 Å². The summed E-state index contributed by atoms with van der Waals surface area (Å²) in [5.41, 5.74) is 3.07. The fourth-order valence-electron chi connectivity index (χ4n) is 10.7. The first-order valence-electron chi connectivity index (χ1n) is 36.7. The first kappa shape index (κ1) is 91.1. The van der Waals surface area contributed by atoms with Crippen molar-refractivity contribution in [1.82, 2.24) is 93.8 Å². The Morgan fingerprint density at radius 3 is 1.03 bits per heavy atom. The van der Waals surface area contributed by atoms with E-state index in [-0.39, 0.29) is 84.5 Å². The van der Waals surface area contributed by atoms with Crippen molar-refractivity contribution < 1.29 is 43.0 Å². The number of carbonyl (C=O) groups excluding carboxylic acids is 7. The summed E-state index contributed by atoms with van der Waals surface area (Å²) in [6.07, 6.45) is 20.0. The lowest BCUT2D eigenvalue weighted by atomic mass is 9.89. The van der Waals surface area contributed by atoms with E-state index < -0.39 is 0 Å². The first-order valence-corrected chi connectivity index (χ1v) is 36.7. The lowest BCUT2D eigenvalue weighted by molar-refractivity contribution is 0.133. The highest BCUT2D eigenvalue weighted by atomic mass is 16.5. The average Bonchev–Trinajstić information content (AvgIpc) is 1.64. The molecule has 14 N–H and O–H groups in total.